The maximum Gasteiger partial charge on any atom is 0.241 e. The third kappa shape index (κ3) is 3.71. The Morgan fingerprint density at radius 2 is 1.61 bits per heavy atom. The van der Waals surface area contributed by atoms with Gasteiger partial charge in [0.25, 0.3) is 0 Å². The lowest BCUT2D eigenvalue weighted by Crippen LogP contribution is -2.61. The van der Waals surface area contributed by atoms with E-state index in [1.54, 1.807) is 4.90 Å². The lowest BCUT2D eigenvalue weighted by Gasteiger charge is -2.43. The second-order valence-electron chi connectivity index (χ2n) is 8.22. The molecule has 2 aromatic rings. The number of fused-ring (bicyclic) bond motifs is 1. The van der Waals surface area contributed by atoms with Crippen LogP contribution in [-0.2, 0) is 21.2 Å². The molecule has 1 amide bonds. The quantitative estimate of drug-likeness (QED) is 0.798. The molecular weight excluding hydrogens is 372 g/mol. The van der Waals surface area contributed by atoms with E-state index in [2.05, 4.69) is 12.1 Å². The molecular formula is C22H26N2O3S. The Balaban J connectivity index is 1.69. The lowest BCUT2D eigenvalue weighted by molar-refractivity contribution is -0.123. The summed E-state index contributed by atoms with van der Waals surface area (Å²) >= 11 is 0. The van der Waals surface area contributed by atoms with E-state index in [0.29, 0.717) is 6.54 Å². The number of rotatable bonds is 3. The van der Waals surface area contributed by atoms with Crippen molar-refractivity contribution in [3.63, 3.8) is 0 Å². The highest BCUT2D eigenvalue weighted by atomic mass is 32.2. The fourth-order valence-electron chi connectivity index (χ4n) is 4.60. The predicted octanol–water partition coefficient (Wildman–Crippen LogP) is 2.63. The highest BCUT2D eigenvalue weighted by Gasteiger charge is 2.49. The van der Waals surface area contributed by atoms with Crippen LogP contribution in [0.1, 0.15) is 22.3 Å². The molecule has 0 saturated carbocycles. The van der Waals surface area contributed by atoms with Gasteiger partial charge in [-0.2, -0.15) is 0 Å². The molecule has 2 fully saturated rings. The maximum atomic E-state index is 13.1. The molecule has 2 heterocycles. The third-order valence-electron chi connectivity index (χ3n) is 5.65. The summed E-state index contributed by atoms with van der Waals surface area (Å²) in [4.78, 5) is 16.9. The number of hydrogen-bond acceptors (Lipinski definition) is 4. The van der Waals surface area contributed by atoms with Gasteiger partial charge in [-0.25, -0.2) is 8.42 Å². The van der Waals surface area contributed by atoms with Gasteiger partial charge in [0.15, 0.2) is 9.84 Å². The standard InChI is InChI=1S/C22H26N2O3S/c1-15-5-4-6-18(8-15)11-23-12-22(25)24(19-9-16(2)7-17(3)10-19)21-14-28(26,27)13-20(21)23/h4-10,20-21H,11-14H2,1-3H3/t20-,21+/m0/s1. The molecule has 2 aliphatic heterocycles. The molecule has 6 heteroatoms. The number of nitrogens with zero attached hydrogens (tertiary/aromatic N) is 2. The molecule has 2 saturated heterocycles. The fourth-order valence-corrected chi connectivity index (χ4v) is 6.58. The smallest absolute Gasteiger partial charge is 0.241 e. The molecule has 4 rings (SSSR count). The van der Waals surface area contributed by atoms with Gasteiger partial charge in [0, 0.05) is 18.3 Å². The first kappa shape index (κ1) is 19.2. The number of carbonyl (C=O) groups is 1. The van der Waals surface area contributed by atoms with Gasteiger partial charge in [0.1, 0.15) is 0 Å². The number of benzene rings is 2. The average molecular weight is 399 g/mol. The van der Waals surface area contributed by atoms with Crippen molar-refractivity contribution in [2.24, 2.45) is 0 Å². The van der Waals surface area contributed by atoms with E-state index in [9.17, 15) is 13.2 Å². The lowest BCUT2D eigenvalue weighted by atomic mass is 10.0. The largest absolute Gasteiger partial charge is 0.306 e. The van der Waals surface area contributed by atoms with E-state index in [1.165, 1.54) is 0 Å². The minimum atomic E-state index is -3.18. The van der Waals surface area contributed by atoms with Crippen molar-refractivity contribution >= 4 is 21.4 Å². The van der Waals surface area contributed by atoms with Gasteiger partial charge < -0.3 is 4.90 Å². The van der Waals surface area contributed by atoms with Crippen LogP contribution in [0.25, 0.3) is 0 Å². The number of aryl methyl sites for hydroxylation is 3. The minimum Gasteiger partial charge on any atom is -0.306 e. The molecule has 0 unspecified atom stereocenters. The first-order valence-electron chi connectivity index (χ1n) is 9.62. The van der Waals surface area contributed by atoms with Crippen molar-refractivity contribution in [2.75, 3.05) is 23.0 Å². The summed E-state index contributed by atoms with van der Waals surface area (Å²) in [6.07, 6.45) is 0. The fraction of sp³-hybridized carbons (Fsp3) is 0.409. The Hall–Kier alpha value is -2.18. The Labute approximate surface area is 166 Å². The number of amides is 1. The molecule has 0 radical (unpaired) electrons. The zero-order valence-electron chi connectivity index (χ0n) is 16.6. The monoisotopic (exact) mass is 398 g/mol. The van der Waals surface area contributed by atoms with E-state index < -0.39 is 9.84 Å². The zero-order chi connectivity index (χ0) is 20.1. The van der Waals surface area contributed by atoms with Gasteiger partial charge in [-0.05, 0) is 49.6 Å². The van der Waals surface area contributed by atoms with Gasteiger partial charge in [-0.3, -0.25) is 9.69 Å². The van der Waals surface area contributed by atoms with Crippen LogP contribution in [0.2, 0.25) is 0 Å². The normalized spacial score (nSPS) is 24.4. The van der Waals surface area contributed by atoms with E-state index in [1.807, 2.05) is 56.0 Å². The first-order chi connectivity index (χ1) is 13.2. The Morgan fingerprint density at radius 1 is 0.929 bits per heavy atom. The van der Waals surface area contributed by atoms with E-state index in [0.717, 1.165) is 27.9 Å². The van der Waals surface area contributed by atoms with Crippen molar-refractivity contribution in [3.8, 4) is 0 Å². The molecule has 148 valence electrons. The third-order valence-corrected chi connectivity index (χ3v) is 7.35. The van der Waals surface area contributed by atoms with Crippen LogP contribution < -0.4 is 4.90 Å². The van der Waals surface area contributed by atoms with Crippen LogP contribution in [0.3, 0.4) is 0 Å². The van der Waals surface area contributed by atoms with Crippen molar-refractivity contribution in [3.05, 3.63) is 64.7 Å². The van der Waals surface area contributed by atoms with E-state index in [-0.39, 0.29) is 36.0 Å². The highest BCUT2D eigenvalue weighted by molar-refractivity contribution is 7.91. The molecule has 2 atom stereocenters. The highest BCUT2D eigenvalue weighted by Crippen LogP contribution is 2.33. The molecule has 2 aliphatic rings. The van der Waals surface area contributed by atoms with Gasteiger partial charge in [0.05, 0.1) is 24.1 Å². The van der Waals surface area contributed by atoms with Crippen LogP contribution in [0, 0.1) is 20.8 Å². The van der Waals surface area contributed by atoms with Gasteiger partial charge in [-0.1, -0.05) is 35.9 Å². The van der Waals surface area contributed by atoms with Crippen LogP contribution in [0.4, 0.5) is 5.69 Å². The van der Waals surface area contributed by atoms with Crippen molar-refractivity contribution < 1.29 is 13.2 Å². The number of carbonyl (C=O) groups excluding carboxylic acids is 1. The molecule has 0 bridgehead atoms. The number of sulfone groups is 1. The number of piperazine rings is 1. The number of hydrogen-bond donors (Lipinski definition) is 0. The summed E-state index contributed by atoms with van der Waals surface area (Å²) in [7, 11) is -3.18. The Bertz CT molecular complexity index is 1010. The van der Waals surface area contributed by atoms with Crippen molar-refractivity contribution in [1.82, 2.24) is 4.90 Å². The van der Waals surface area contributed by atoms with Crippen LogP contribution in [0.15, 0.2) is 42.5 Å². The summed E-state index contributed by atoms with van der Waals surface area (Å²) in [6.45, 7) is 6.85. The summed E-state index contributed by atoms with van der Waals surface area (Å²) in [5.41, 5.74) is 5.22. The predicted molar refractivity (Wildman–Crippen MR) is 111 cm³/mol. The van der Waals surface area contributed by atoms with Crippen molar-refractivity contribution in [2.45, 2.75) is 39.4 Å². The Morgan fingerprint density at radius 3 is 2.29 bits per heavy atom. The average Bonchev–Trinajstić information content (AvgIpc) is 2.89. The van der Waals surface area contributed by atoms with Crippen LogP contribution >= 0.6 is 0 Å². The molecule has 28 heavy (non-hydrogen) atoms. The van der Waals surface area contributed by atoms with Gasteiger partial charge in [0.2, 0.25) is 5.91 Å². The summed E-state index contributed by atoms with van der Waals surface area (Å²) < 4.78 is 25.0. The molecule has 0 aliphatic carbocycles. The molecule has 0 aromatic heterocycles. The summed E-state index contributed by atoms with van der Waals surface area (Å²) in [6, 6.07) is 13.7. The van der Waals surface area contributed by atoms with Crippen LogP contribution in [0.5, 0.6) is 0 Å². The van der Waals surface area contributed by atoms with E-state index in [4.69, 9.17) is 0 Å². The second-order valence-corrected chi connectivity index (χ2v) is 10.4. The summed E-state index contributed by atoms with van der Waals surface area (Å²) in [5, 5.41) is 0. The topological polar surface area (TPSA) is 57.7 Å². The summed E-state index contributed by atoms with van der Waals surface area (Å²) in [5.74, 6) is 0.106. The van der Waals surface area contributed by atoms with Crippen LogP contribution in [-0.4, -0.2) is 49.4 Å². The first-order valence-corrected chi connectivity index (χ1v) is 11.4. The van der Waals surface area contributed by atoms with Gasteiger partial charge >= 0.3 is 0 Å². The van der Waals surface area contributed by atoms with Crippen molar-refractivity contribution in [1.29, 1.82) is 0 Å². The Kier molecular flexibility index (Phi) is 4.79. The molecule has 0 spiro atoms. The second kappa shape index (κ2) is 7.01. The molecule has 5 nitrogen and oxygen atoms in total. The number of anilines is 1. The maximum absolute atomic E-state index is 13.1. The SMILES string of the molecule is Cc1cccc(CN2CC(=O)N(c3cc(C)cc(C)c3)[C@@H]3CS(=O)(=O)C[C@@H]32)c1. The minimum absolute atomic E-state index is 0.0285. The van der Waals surface area contributed by atoms with Gasteiger partial charge in [-0.15, -0.1) is 0 Å². The molecule has 0 N–H and O–H groups in total. The molecule has 2 aromatic carbocycles. The zero-order valence-corrected chi connectivity index (χ0v) is 17.4. The van der Waals surface area contributed by atoms with E-state index >= 15 is 0 Å².